The summed E-state index contributed by atoms with van der Waals surface area (Å²) < 4.78 is 1.55. The van der Waals surface area contributed by atoms with Crippen molar-refractivity contribution in [1.82, 2.24) is 0 Å². The molecule has 0 amide bonds. The van der Waals surface area contributed by atoms with Crippen LogP contribution in [0.15, 0.2) is 20.6 Å². The summed E-state index contributed by atoms with van der Waals surface area (Å²) in [4.78, 5) is 0. The third-order valence-electron chi connectivity index (χ3n) is 2.64. The van der Waals surface area contributed by atoms with Crippen molar-refractivity contribution >= 4 is 48.0 Å². The first-order chi connectivity index (χ1) is 4.55. The van der Waals surface area contributed by atoms with E-state index in [1.165, 1.54) is 11.1 Å². The molecule has 1 aliphatic carbocycles. The van der Waals surface area contributed by atoms with Gasteiger partial charge in [-0.05, 0) is 0 Å². The molecule has 0 spiro atoms. The molecule has 0 radical (unpaired) electrons. The number of rotatable bonds is 0. The van der Waals surface area contributed by atoms with Crippen LogP contribution in [0.25, 0.3) is 0 Å². The zero-order chi connectivity index (χ0) is 7.89. The van der Waals surface area contributed by atoms with E-state index in [1.807, 2.05) is 0 Å². The van der Waals surface area contributed by atoms with Gasteiger partial charge in [0, 0.05) is 0 Å². The van der Waals surface area contributed by atoms with Crippen LogP contribution in [-0.2, 0) is 20.4 Å². The topological polar surface area (TPSA) is 0 Å². The quantitative estimate of drug-likeness (QED) is 0.407. The molecule has 12 heavy (non-hydrogen) atoms. The molecule has 0 nitrogen and oxygen atoms in total. The van der Waals surface area contributed by atoms with Gasteiger partial charge >= 0.3 is 74.6 Å². The minimum absolute atomic E-state index is 0. The van der Waals surface area contributed by atoms with Gasteiger partial charge in [0.25, 0.3) is 0 Å². The fraction of sp³-hybridized carbons (Fsp3) is 0.556. The van der Waals surface area contributed by atoms with Gasteiger partial charge in [-0.2, -0.15) is 0 Å². The van der Waals surface area contributed by atoms with Crippen LogP contribution >= 0.6 is 48.0 Å². The van der Waals surface area contributed by atoms with Crippen LogP contribution < -0.4 is 0 Å². The zero-order valence-corrected chi connectivity index (χ0v) is 14.1. The van der Waals surface area contributed by atoms with E-state index in [-0.39, 0.29) is 48.0 Å². The van der Waals surface area contributed by atoms with Crippen LogP contribution in [-0.4, -0.2) is 0 Å². The van der Waals surface area contributed by atoms with Gasteiger partial charge in [-0.1, -0.05) is 0 Å². The standard InChI is InChI=1S/C9H13.2HI.Ti/c1-6-5-7(2)9(4)8(6)3;;;/h6H,1-4H3;2*1H;. The Morgan fingerprint density at radius 3 is 1.50 bits per heavy atom. The summed E-state index contributed by atoms with van der Waals surface area (Å²) in [6.45, 7) is 8.96. The molecule has 1 unspecified atom stereocenters. The number of hydrogen-bond donors (Lipinski definition) is 0. The summed E-state index contributed by atoms with van der Waals surface area (Å²) in [5.74, 6) is 0.694. The van der Waals surface area contributed by atoms with Crippen LogP contribution in [0.2, 0.25) is 0 Å². The minimum atomic E-state index is 0. The average molecular weight is 425 g/mol. The van der Waals surface area contributed by atoms with Crippen molar-refractivity contribution in [2.75, 3.05) is 0 Å². The first kappa shape index (κ1) is 16.1. The van der Waals surface area contributed by atoms with E-state index in [1.54, 1.807) is 9.45 Å². The summed E-state index contributed by atoms with van der Waals surface area (Å²) in [5, 5.41) is 0. The Morgan fingerprint density at radius 2 is 1.42 bits per heavy atom. The van der Waals surface area contributed by atoms with E-state index in [0.29, 0.717) is 5.92 Å². The molecule has 0 N–H and O–H groups in total. The molecular weight excluding hydrogens is 410 g/mol. The molecule has 0 heterocycles. The van der Waals surface area contributed by atoms with Crippen molar-refractivity contribution in [2.45, 2.75) is 27.7 Å². The van der Waals surface area contributed by atoms with E-state index in [2.05, 4.69) is 48.1 Å². The molecule has 69 valence electrons. The molecule has 0 aromatic heterocycles. The summed E-state index contributed by atoms with van der Waals surface area (Å²) in [5.41, 5.74) is 4.56. The Morgan fingerprint density at radius 1 is 1.00 bits per heavy atom. The van der Waals surface area contributed by atoms with E-state index >= 15 is 0 Å². The Kier molecular flexibility index (Phi) is 8.31. The van der Waals surface area contributed by atoms with Crippen LogP contribution in [0.5, 0.6) is 0 Å². The van der Waals surface area contributed by atoms with Crippen molar-refractivity contribution in [3.05, 3.63) is 20.6 Å². The first-order valence-electron chi connectivity index (χ1n) is 3.65. The van der Waals surface area contributed by atoms with Gasteiger partial charge in [0.05, 0.1) is 0 Å². The predicted octanol–water partition coefficient (Wildman–Crippen LogP) is 4.03. The zero-order valence-electron chi connectivity index (χ0n) is 7.89. The molecular formula is C9H15I2Ti. The first-order valence-corrected chi connectivity index (χ1v) is 4.44. The average Bonchev–Trinajstić information content (AvgIpc) is 2.07. The largest absolute Gasteiger partial charge is 0.107 e. The molecule has 1 atom stereocenters. The van der Waals surface area contributed by atoms with Crippen molar-refractivity contribution in [2.24, 2.45) is 5.92 Å². The molecule has 0 aromatic rings. The summed E-state index contributed by atoms with van der Waals surface area (Å²) in [6.07, 6.45) is 0. The van der Waals surface area contributed by atoms with Crippen LogP contribution in [0.1, 0.15) is 27.7 Å². The van der Waals surface area contributed by atoms with Crippen molar-refractivity contribution in [1.29, 1.82) is 0 Å². The smallest absolute Gasteiger partial charge is 0.107 e. The fourth-order valence-electron chi connectivity index (χ4n) is 1.36. The third kappa shape index (κ3) is 2.82. The minimum Gasteiger partial charge on any atom is -0.107 e. The van der Waals surface area contributed by atoms with E-state index < -0.39 is 0 Å². The predicted molar refractivity (Wildman–Crippen MR) is 71.1 cm³/mol. The summed E-state index contributed by atoms with van der Waals surface area (Å²) in [7, 11) is 0. The molecule has 3 heteroatoms. The molecule has 0 bridgehead atoms. The Bertz CT molecular complexity index is 205. The second kappa shape index (κ2) is 6.20. The Labute approximate surface area is 121 Å². The van der Waals surface area contributed by atoms with Gasteiger partial charge < -0.3 is 0 Å². The summed E-state index contributed by atoms with van der Waals surface area (Å²) >= 11 is 2.24. The van der Waals surface area contributed by atoms with Gasteiger partial charge in [0.15, 0.2) is 0 Å². The van der Waals surface area contributed by atoms with E-state index in [9.17, 15) is 0 Å². The van der Waals surface area contributed by atoms with Crippen molar-refractivity contribution in [3.8, 4) is 0 Å². The van der Waals surface area contributed by atoms with Gasteiger partial charge in [0.1, 0.15) is 0 Å². The van der Waals surface area contributed by atoms with Crippen molar-refractivity contribution < 1.29 is 20.4 Å². The SMILES string of the molecule is CC1=C(C)C(C)[C]([Ti])=C1C.I.I. The van der Waals surface area contributed by atoms with E-state index in [4.69, 9.17) is 0 Å². The number of allylic oxidation sites excluding steroid dienone is 4. The fourth-order valence-corrected chi connectivity index (χ4v) is 1.99. The number of hydrogen-bond acceptors (Lipinski definition) is 0. The molecule has 0 aromatic carbocycles. The van der Waals surface area contributed by atoms with Crippen LogP contribution in [0.3, 0.4) is 0 Å². The Hall–Kier alpha value is 1.65. The molecule has 1 aliphatic rings. The van der Waals surface area contributed by atoms with Gasteiger partial charge in [-0.25, -0.2) is 0 Å². The van der Waals surface area contributed by atoms with Crippen LogP contribution in [0.4, 0.5) is 0 Å². The van der Waals surface area contributed by atoms with Crippen LogP contribution in [0, 0.1) is 5.92 Å². The maximum Gasteiger partial charge on any atom is -0.107 e. The second-order valence-corrected chi connectivity index (χ2v) is 3.91. The van der Waals surface area contributed by atoms with Crippen molar-refractivity contribution in [3.63, 3.8) is 0 Å². The van der Waals surface area contributed by atoms with Gasteiger partial charge in [-0.3, -0.25) is 0 Å². The summed E-state index contributed by atoms with van der Waals surface area (Å²) in [6, 6.07) is 0. The maximum absolute atomic E-state index is 2.28. The normalized spacial score (nSPS) is 22.1. The molecule has 0 saturated heterocycles. The molecule has 0 fully saturated rings. The molecule has 0 aliphatic heterocycles. The maximum atomic E-state index is 2.28. The second-order valence-electron chi connectivity index (χ2n) is 3.07. The number of halogens is 2. The monoisotopic (exact) mass is 425 g/mol. The molecule has 1 rings (SSSR count). The Balaban J connectivity index is 0. The van der Waals surface area contributed by atoms with Gasteiger partial charge in [-0.15, -0.1) is 48.0 Å². The molecule has 0 saturated carbocycles. The van der Waals surface area contributed by atoms with E-state index in [0.717, 1.165) is 0 Å². The van der Waals surface area contributed by atoms with Gasteiger partial charge in [0.2, 0.25) is 0 Å². The third-order valence-corrected chi connectivity index (χ3v) is 3.90.